The van der Waals surface area contributed by atoms with E-state index < -0.39 is 5.91 Å². The number of primary amides is 1. The predicted octanol–water partition coefficient (Wildman–Crippen LogP) is 2.26. The van der Waals surface area contributed by atoms with Crippen LogP contribution >= 0.6 is 22.9 Å². The van der Waals surface area contributed by atoms with E-state index in [4.69, 9.17) is 22.1 Å². The fourth-order valence-electron chi connectivity index (χ4n) is 3.09. The number of hydrogen-bond acceptors (Lipinski definition) is 8. The Morgan fingerprint density at radius 3 is 2.81 bits per heavy atom. The molecule has 160 valence electrons. The number of pyridine rings is 1. The molecule has 11 heteroatoms. The van der Waals surface area contributed by atoms with Crippen LogP contribution in [0.15, 0.2) is 36.4 Å². The first-order valence-corrected chi connectivity index (χ1v) is 10.7. The molecule has 3 heterocycles. The van der Waals surface area contributed by atoms with Gasteiger partial charge in [-0.05, 0) is 43.3 Å². The van der Waals surface area contributed by atoms with Crippen LogP contribution in [0.3, 0.4) is 0 Å². The fraction of sp³-hybridized carbons (Fsp3) is 0.250. The lowest BCUT2D eigenvalue weighted by Gasteiger charge is -2.35. The van der Waals surface area contributed by atoms with Crippen LogP contribution in [0, 0.1) is 0 Å². The molecule has 1 saturated heterocycles. The molecule has 1 fully saturated rings. The van der Waals surface area contributed by atoms with Gasteiger partial charge in [0.1, 0.15) is 23.9 Å². The van der Waals surface area contributed by atoms with Crippen molar-refractivity contribution in [1.29, 1.82) is 0 Å². The van der Waals surface area contributed by atoms with E-state index in [-0.39, 0.29) is 30.7 Å². The van der Waals surface area contributed by atoms with Crippen molar-refractivity contribution in [2.75, 3.05) is 18.0 Å². The predicted molar refractivity (Wildman–Crippen MR) is 117 cm³/mol. The van der Waals surface area contributed by atoms with Gasteiger partial charge in [-0.15, -0.1) is 10.2 Å². The van der Waals surface area contributed by atoms with E-state index >= 15 is 0 Å². The van der Waals surface area contributed by atoms with Crippen molar-refractivity contribution >= 4 is 40.6 Å². The second-order valence-electron chi connectivity index (χ2n) is 6.96. The molecule has 1 aliphatic rings. The summed E-state index contributed by atoms with van der Waals surface area (Å²) in [7, 11) is 0. The second-order valence-corrected chi connectivity index (χ2v) is 8.45. The maximum atomic E-state index is 12.0. The average molecular weight is 459 g/mol. The molecule has 3 aromatic rings. The van der Waals surface area contributed by atoms with Gasteiger partial charge in [-0.3, -0.25) is 9.59 Å². The summed E-state index contributed by atoms with van der Waals surface area (Å²) >= 11 is 7.21. The van der Waals surface area contributed by atoms with E-state index in [9.17, 15) is 9.59 Å². The summed E-state index contributed by atoms with van der Waals surface area (Å²) in [6, 6.07) is 10.3. The molecule has 1 aliphatic heterocycles. The van der Waals surface area contributed by atoms with Gasteiger partial charge in [-0.25, -0.2) is 4.98 Å². The van der Waals surface area contributed by atoms with E-state index in [0.29, 0.717) is 38.8 Å². The lowest BCUT2D eigenvalue weighted by molar-refractivity contribution is -0.120. The van der Waals surface area contributed by atoms with E-state index in [1.165, 1.54) is 11.3 Å². The maximum Gasteiger partial charge on any atom is 0.252 e. The fourth-order valence-corrected chi connectivity index (χ4v) is 3.94. The third kappa shape index (κ3) is 4.75. The monoisotopic (exact) mass is 458 g/mol. The molecule has 0 saturated carbocycles. The first kappa shape index (κ1) is 21.0. The normalized spacial score (nSPS) is 16.1. The number of piperazine rings is 1. The zero-order valence-corrected chi connectivity index (χ0v) is 18.1. The Labute approximate surface area is 187 Å². The molecular weight excluding hydrogens is 440 g/mol. The topological polar surface area (TPSA) is 123 Å². The minimum absolute atomic E-state index is 0.0451. The minimum atomic E-state index is -0.610. The summed E-state index contributed by atoms with van der Waals surface area (Å²) < 4.78 is 5.71. The van der Waals surface area contributed by atoms with Gasteiger partial charge in [-0.2, -0.15) is 0 Å². The highest BCUT2D eigenvalue weighted by Crippen LogP contribution is 2.28. The Morgan fingerprint density at radius 2 is 2.06 bits per heavy atom. The second kappa shape index (κ2) is 8.86. The molecule has 1 unspecified atom stereocenters. The number of aromatic nitrogens is 3. The summed E-state index contributed by atoms with van der Waals surface area (Å²) in [5, 5.41) is 13.0. The summed E-state index contributed by atoms with van der Waals surface area (Å²) in [6.07, 6.45) is 0. The summed E-state index contributed by atoms with van der Waals surface area (Å²) in [5.74, 6) is 0.283. The number of hydrogen-bond donors (Lipinski definition) is 2. The number of anilines is 1. The van der Waals surface area contributed by atoms with Gasteiger partial charge in [0.05, 0.1) is 12.1 Å². The Hall–Kier alpha value is -3.24. The zero-order chi connectivity index (χ0) is 22.0. The molecule has 31 heavy (non-hydrogen) atoms. The molecule has 0 radical (unpaired) electrons. The minimum Gasteiger partial charge on any atom is -0.486 e. The Balaban J connectivity index is 1.57. The Bertz CT molecular complexity index is 1120. The maximum absolute atomic E-state index is 12.0. The van der Waals surface area contributed by atoms with Gasteiger partial charge >= 0.3 is 0 Å². The molecule has 3 N–H and O–H groups in total. The third-order valence-corrected chi connectivity index (χ3v) is 5.89. The van der Waals surface area contributed by atoms with Crippen LogP contribution in [0.2, 0.25) is 5.02 Å². The molecule has 1 aromatic carbocycles. The van der Waals surface area contributed by atoms with Crippen molar-refractivity contribution in [3.63, 3.8) is 0 Å². The first-order valence-electron chi connectivity index (χ1n) is 9.46. The van der Waals surface area contributed by atoms with Crippen LogP contribution in [0.5, 0.6) is 5.75 Å². The van der Waals surface area contributed by atoms with Crippen molar-refractivity contribution in [2.24, 2.45) is 5.73 Å². The van der Waals surface area contributed by atoms with Crippen LogP contribution in [0.4, 0.5) is 5.82 Å². The molecule has 0 spiro atoms. The Morgan fingerprint density at radius 1 is 1.29 bits per heavy atom. The van der Waals surface area contributed by atoms with Crippen LogP contribution in [-0.4, -0.2) is 46.1 Å². The van der Waals surface area contributed by atoms with E-state index in [1.54, 1.807) is 41.3 Å². The SMILES string of the molecule is CC1CNC(=O)CN1c1nc(-c2nnc(COc3ccc(Cl)cc3)s2)ccc1C(N)=O. The van der Waals surface area contributed by atoms with Gasteiger partial charge in [0.15, 0.2) is 10.0 Å². The standard InChI is InChI=1S/C20H19ClN6O3S/c1-11-8-23-16(28)9-27(11)19-14(18(22)29)6-7-15(24-19)20-26-25-17(31-20)10-30-13-4-2-12(21)3-5-13/h2-7,11H,8-10H2,1H3,(H2,22,29)(H,23,28). The van der Waals surface area contributed by atoms with Crippen molar-refractivity contribution in [1.82, 2.24) is 20.5 Å². The highest BCUT2D eigenvalue weighted by atomic mass is 35.5. The largest absolute Gasteiger partial charge is 0.486 e. The Kier molecular flexibility index (Phi) is 6.01. The number of ether oxygens (including phenoxy) is 1. The lowest BCUT2D eigenvalue weighted by Crippen LogP contribution is -2.54. The number of nitrogens with zero attached hydrogens (tertiary/aromatic N) is 4. The third-order valence-electron chi connectivity index (χ3n) is 4.72. The number of nitrogens with two attached hydrogens (primary N) is 1. The molecule has 2 amide bonds. The highest BCUT2D eigenvalue weighted by Gasteiger charge is 2.28. The molecule has 4 rings (SSSR count). The number of benzene rings is 1. The van der Waals surface area contributed by atoms with Gasteiger partial charge in [0.2, 0.25) is 5.91 Å². The quantitative estimate of drug-likeness (QED) is 0.580. The van der Waals surface area contributed by atoms with Crippen molar-refractivity contribution in [3.8, 4) is 16.5 Å². The number of carbonyl (C=O) groups is 2. The van der Waals surface area contributed by atoms with Gasteiger partial charge < -0.3 is 20.7 Å². The van der Waals surface area contributed by atoms with Gasteiger partial charge in [0.25, 0.3) is 5.91 Å². The van der Waals surface area contributed by atoms with Crippen LogP contribution in [0.1, 0.15) is 22.3 Å². The average Bonchev–Trinajstić information content (AvgIpc) is 3.23. The molecule has 9 nitrogen and oxygen atoms in total. The first-order chi connectivity index (χ1) is 14.9. The number of nitrogens with one attached hydrogen (secondary N) is 1. The number of halogens is 1. The zero-order valence-electron chi connectivity index (χ0n) is 16.5. The number of carbonyl (C=O) groups excluding carboxylic acids is 2. The molecule has 0 bridgehead atoms. The van der Waals surface area contributed by atoms with Crippen LogP contribution in [0.25, 0.3) is 10.7 Å². The van der Waals surface area contributed by atoms with Crippen molar-refractivity contribution in [3.05, 3.63) is 52.0 Å². The van der Waals surface area contributed by atoms with Gasteiger partial charge in [0, 0.05) is 17.6 Å². The van der Waals surface area contributed by atoms with E-state index in [0.717, 1.165) is 0 Å². The van der Waals surface area contributed by atoms with Gasteiger partial charge in [-0.1, -0.05) is 22.9 Å². The van der Waals surface area contributed by atoms with E-state index in [1.807, 2.05) is 6.92 Å². The number of rotatable bonds is 6. The summed E-state index contributed by atoms with van der Waals surface area (Å²) in [4.78, 5) is 30.2. The summed E-state index contributed by atoms with van der Waals surface area (Å²) in [5.41, 5.74) is 6.33. The van der Waals surface area contributed by atoms with E-state index in [2.05, 4.69) is 20.5 Å². The van der Waals surface area contributed by atoms with Crippen molar-refractivity contribution in [2.45, 2.75) is 19.6 Å². The summed E-state index contributed by atoms with van der Waals surface area (Å²) in [6.45, 7) is 2.73. The molecular formula is C20H19ClN6O3S. The van der Waals surface area contributed by atoms with Crippen molar-refractivity contribution < 1.29 is 14.3 Å². The molecule has 1 atom stereocenters. The smallest absolute Gasteiger partial charge is 0.252 e. The molecule has 0 aliphatic carbocycles. The molecule has 2 aromatic heterocycles. The number of amides is 2. The lowest BCUT2D eigenvalue weighted by atomic mass is 10.1. The van der Waals surface area contributed by atoms with Crippen LogP contribution in [-0.2, 0) is 11.4 Å². The van der Waals surface area contributed by atoms with Crippen LogP contribution < -0.4 is 20.7 Å². The highest BCUT2D eigenvalue weighted by molar-refractivity contribution is 7.14.